The monoisotopic (exact) mass is 254 g/mol. The van der Waals surface area contributed by atoms with Crippen molar-refractivity contribution in [1.82, 2.24) is 0 Å². The molecule has 0 saturated heterocycles. The van der Waals surface area contributed by atoms with Crippen molar-refractivity contribution in [3.63, 3.8) is 0 Å². The quantitative estimate of drug-likeness (QED) is 0.840. The normalized spacial score (nSPS) is 28.4. The molecule has 1 aromatic carbocycles. The van der Waals surface area contributed by atoms with Crippen LogP contribution in [0.15, 0.2) is 18.2 Å². The molecule has 1 N–H and O–H groups in total. The highest BCUT2D eigenvalue weighted by molar-refractivity contribution is 6.20. The summed E-state index contributed by atoms with van der Waals surface area (Å²) in [6, 6.07) is 6.07. The summed E-state index contributed by atoms with van der Waals surface area (Å²) in [5, 5.41) is 9.87. The molecule has 1 aromatic rings. The van der Waals surface area contributed by atoms with Gasteiger partial charge in [-0.1, -0.05) is 6.07 Å². The molecule has 1 fully saturated rings. The Morgan fingerprint density at radius 2 is 2.06 bits per heavy atom. The molecule has 94 valence electrons. The number of aliphatic hydroxyl groups is 1. The predicted molar refractivity (Wildman–Crippen MR) is 69.8 cm³/mol. The van der Waals surface area contributed by atoms with Gasteiger partial charge in [-0.3, -0.25) is 0 Å². The predicted octanol–water partition coefficient (Wildman–Crippen LogP) is 3.06. The van der Waals surface area contributed by atoms with Gasteiger partial charge in [0.15, 0.2) is 0 Å². The second-order valence-electron chi connectivity index (χ2n) is 4.95. The summed E-state index contributed by atoms with van der Waals surface area (Å²) in [7, 11) is 0. The van der Waals surface area contributed by atoms with Gasteiger partial charge in [-0.15, -0.1) is 11.6 Å². The van der Waals surface area contributed by atoms with Gasteiger partial charge in [0.1, 0.15) is 5.75 Å². The third kappa shape index (κ3) is 3.14. The van der Waals surface area contributed by atoms with E-state index in [4.69, 9.17) is 16.3 Å². The van der Waals surface area contributed by atoms with Gasteiger partial charge in [0.05, 0.1) is 12.7 Å². The van der Waals surface area contributed by atoms with Crippen LogP contribution in [0.2, 0.25) is 0 Å². The topological polar surface area (TPSA) is 29.5 Å². The first kappa shape index (κ1) is 12.7. The highest BCUT2D eigenvalue weighted by atomic mass is 35.5. The number of halogens is 1. The van der Waals surface area contributed by atoms with E-state index in [1.165, 1.54) is 11.1 Å². The zero-order valence-corrected chi connectivity index (χ0v) is 11.1. The molecule has 0 unspecified atom stereocenters. The molecular weight excluding hydrogens is 236 g/mol. The Bertz CT molecular complexity index is 392. The van der Waals surface area contributed by atoms with Gasteiger partial charge in [-0.05, 0) is 49.9 Å². The average molecular weight is 255 g/mol. The summed E-state index contributed by atoms with van der Waals surface area (Å²) in [5.74, 6) is 1.04. The van der Waals surface area contributed by atoms with Crippen LogP contribution in [0.1, 0.15) is 24.0 Å². The molecule has 3 atom stereocenters. The molecule has 0 radical (unpaired) electrons. The number of rotatable bonds is 3. The number of hydrogen-bond acceptors (Lipinski definition) is 2. The Labute approximate surface area is 108 Å². The van der Waals surface area contributed by atoms with Crippen molar-refractivity contribution < 1.29 is 9.84 Å². The van der Waals surface area contributed by atoms with E-state index < -0.39 is 0 Å². The lowest BCUT2D eigenvalue weighted by Gasteiger charge is -2.15. The molecule has 3 heteroatoms. The molecule has 1 saturated carbocycles. The summed E-state index contributed by atoms with van der Waals surface area (Å²) in [6.45, 7) is 4.70. The van der Waals surface area contributed by atoms with Gasteiger partial charge < -0.3 is 9.84 Å². The molecule has 0 aliphatic heterocycles. The van der Waals surface area contributed by atoms with Crippen molar-refractivity contribution in [3.05, 3.63) is 29.3 Å². The highest BCUT2D eigenvalue weighted by Crippen LogP contribution is 2.30. The lowest BCUT2D eigenvalue weighted by molar-refractivity contribution is 0.0986. The van der Waals surface area contributed by atoms with Crippen molar-refractivity contribution in [2.24, 2.45) is 5.92 Å². The molecular formula is C14H19ClO2. The van der Waals surface area contributed by atoms with E-state index in [0.717, 1.165) is 12.2 Å². The van der Waals surface area contributed by atoms with Gasteiger partial charge in [-0.25, -0.2) is 0 Å². The molecule has 17 heavy (non-hydrogen) atoms. The smallest absolute Gasteiger partial charge is 0.119 e. The maximum atomic E-state index is 9.77. The van der Waals surface area contributed by atoms with E-state index in [0.29, 0.717) is 13.0 Å². The van der Waals surface area contributed by atoms with Crippen LogP contribution < -0.4 is 4.74 Å². The maximum absolute atomic E-state index is 9.77. The first-order valence-electron chi connectivity index (χ1n) is 6.08. The minimum Gasteiger partial charge on any atom is -0.493 e. The van der Waals surface area contributed by atoms with E-state index in [2.05, 4.69) is 19.9 Å². The van der Waals surface area contributed by atoms with Crippen molar-refractivity contribution in [2.45, 2.75) is 38.2 Å². The molecule has 0 bridgehead atoms. The van der Waals surface area contributed by atoms with E-state index in [-0.39, 0.29) is 17.4 Å². The highest BCUT2D eigenvalue weighted by Gasteiger charge is 2.32. The van der Waals surface area contributed by atoms with Crippen LogP contribution in [-0.4, -0.2) is 23.2 Å². The third-order valence-corrected chi connectivity index (χ3v) is 3.90. The summed E-state index contributed by atoms with van der Waals surface area (Å²) in [4.78, 5) is 0. The van der Waals surface area contributed by atoms with Gasteiger partial charge in [0.25, 0.3) is 0 Å². The molecule has 0 spiro atoms. The van der Waals surface area contributed by atoms with Gasteiger partial charge in [-0.2, -0.15) is 0 Å². The second-order valence-corrected chi connectivity index (χ2v) is 5.57. The van der Waals surface area contributed by atoms with Crippen molar-refractivity contribution in [3.8, 4) is 5.75 Å². The van der Waals surface area contributed by atoms with Crippen LogP contribution >= 0.6 is 11.6 Å². The second kappa shape index (κ2) is 5.28. The number of aliphatic hydroxyl groups excluding tert-OH is 1. The summed E-state index contributed by atoms with van der Waals surface area (Å²) in [5.41, 5.74) is 2.49. The van der Waals surface area contributed by atoms with Crippen LogP contribution in [0, 0.1) is 19.8 Å². The maximum Gasteiger partial charge on any atom is 0.119 e. The van der Waals surface area contributed by atoms with Crippen LogP contribution in [0.25, 0.3) is 0 Å². The lowest BCUT2D eigenvalue weighted by Crippen LogP contribution is -2.20. The average Bonchev–Trinajstić information content (AvgIpc) is 2.59. The van der Waals surface area contributed by atoms with Crippen LogP contribution in [0.3, 0.4) is 0 Å². The third-order valence-electron chi connectivity index (χ3n) is 3.54. The molecule has 1 aliphatic rings. The number of hydrogen-bond donors (Lipinski definition) is 1. The zero-order valence-electron chi connectivity index (χ0n) is 10.3. The number of alkyl halides is 1. The molecule has 2 nitrogen and oxygen atoms in total. The first-order chi connectivity index (χ1) is 8.06. The molecule has 2 rings (SSSR count). The summed E-state index contributed by atoms with van der Waals surface area (Å²) < 4.78 is 5.73. The Morgan fingerprint density at radius 1 is 1.29 bits per heavy atom. The zero-order chi connectivity index (χ0) is 12.4. The minimum atomic E-state index is -0.316. The van der Waals surface area contributed by atoms with E-state index in [9.17, 15) is 5.11 Å². The minimum absolute atomic E-state index is 0.0957. The summed E-state index contributed by atoms with van der Waals surface area (Å²) >= 11 is 6.01. The number of benzene rings is 1. The number of ether oxygens (including phenoxy) is 1. The molecule has 0 aromatic heterocycles. The molecule has 0 heterocycles. The largest absolute Gasteiger partial charge is 0.493 e. The first-order valence-corrected chi connectivity index (χ1v) is 6.52. The Kier molecular flexibility index (Phi) is 3.95. The lowest BCUT2D eigenvalue weighted by atomic mass is 10.1. The summed E-state index contributed by atoms with van der Waals surface area (Å²) in [6.07, 6.45) is 1.21. The standard InChI is InChI=1S/C14H19ClO2/c1-9-3-4-13(5-10(9)2)17-8-11-6-12(15)7-14(11)16/h3-5,11-12,14,16H,6-8H2,1-2H3/t11-,12-,14+/m0/s1. The van der Waals surface area contributed by atoms with E-state index in [1.54, 1.807) is 0 Å². The van der Waals surface area contributed by atoms with Gasteiger partial charge >= 0.3 is 0 Å². The Balaban J connectivity index is 1.91. The van der Waals surface area contributed by atoms with Crippen molar-refractivity contribution in [2.75, 3.05) is 6.61 Å². The Morgan fingerprint density at radius 3 is 2.65 bits per heavy atom. The fraction of sp³-hybridized carbons (Fsp3) is 0.571. The van der Waals surface area contributed by atoms with Gasteiger partial charge in [0, 0.05) is 11.3 Å². The van der Waals surface area contributed by atoms with E-state index in [1.807, 2.05) is 12.1 Å². The molecule has 0 amide bonds. The van der Waals surface area contributed by atoms with Gasteiger partial charge in [0.2, 0.25) is 0 Å². The fourth-order valence-corrected chi connectivity index (χ4v) is 2.63. The fourth-order valence-electron chi connectivity index (χ4n) is 2.22. The van der Waals surface area contributed by atoms with Crippen LogP contribution in [0.4, 0.5) is 0 Å². The SMILES string of the molecule is Cc1ccc(OC[C@@H]2C[C@H](Cl)C[C@H]2O)cc1C. The van der Waals surface area contributed by atoms with E-state index >= 15 is 0 Å². The Hall–Kier alpha value is -0.730. The van der Waals surface area contributed by atoms with Crippen molar-refractivity contribution >= 4 is 11.6 Å². The molecule has 1 aliphatic carbocycles. The van der Waals surface area contributed by atoms with Crippen molar-refractivity contribution in [1.29, 1.82) is 0 Å². The number of aryl methyl sites for hydroxylation is 2. The van der Waals surface area contributed by atoms with Crippen LogP contribution in [-0.2, 0) is 0 Å². The van der Waals surface area contributed by atoms with Crippen LogP contribution in [0.5, 0.6) is 5.75 Å².